The Balaban J connectivity index is 1.25. The van der Waals surface area contributed by atoms with E-state index in [0.717, 1.165) is 29.2 Å². The number of hydrogen-bond acceptors (Lipinski definition) is 2. The Kier molecular flexibility index (Phi) is 4.85. The fraction of sp³-hybridized carbons (Fsp3) is 0.0638. The average molecular weight is 641 g/mol. The summed E-state index contributed by atoms with van der Waals surface area (Å²) in [6.45, 7) is 0. The Morgan fingerprint density at radius 2 is 1.04 bits per heavy atom. The monoisotopic (exact) mass is 640 g/mol. The second-order valence-corrected chi connectivity index (χ2v) is 15.0. The van der Waals surface area contributed by atoms with Gasteiger partial charge in [-0.15, -0.1) is 11.3 Å². The molecule has 3 aliphatic rings. The lowest BCUT2D eigenvalue weighted by atomic mass is 9.70. The first-order valence-electron chi connectivity index (χ1n) is 17.2. The quantitative estimate of drug-likeness (QED) is 0.164. The van der Waals surface area contributed by atoms with Crippen molar-refractivity contribution in [2.45, 2.75) is 18.3 Å². The molecule has 9 aromatic rings. The molecule has 8 aromatic carbocycles. The van der Waals surface area contributed by atoms with Gasteiger partial charge in [0.05, 0.1) is 5.41 Å². The van der Waals surface area contributed by atoms with E-state index in [9.17, 15) is 5.11 Å². The van der Waals surface area contributed by atoms with Gasteiger partial charge < -0.3 is 5.11 Å². The van der Waals surface area contributed by atoms with Crippen molar-refractivity contribution >= 4 is 53.1 Å². The highest BCUT2D eigenvalue weighted by Crippen LogP contribution is 2.64. The first-order valence-corrected chi connectivity index (χ1v) is 18.0. The molecule has 3 aliphatic carbocycles. The fourth-order valence-electron chi connectivity index (χ4n) is 10.1. The number of fused-ring (bicyclic) bond motifs is 19. The maximum atomic E-state index is 12.1. The predicted molar refractivity (Wildman–Crippen MR) is 205 cm³/mol. The van der Waals surface area contributed by atoms with Crippen LogP contribution in [0.2, 0.25) is 0 Å². The van der Waals surface area contributed by atoms with Crippen LogP contribution in [0.1, 0.15) is 33.4 Å². The van der Waals surface area contributed by atoms with Gasteiger partial charge in [-0.1, -0.05) is 127 Å². The maximum absolute atomic E-state index is 12.1. The van der Waals surface area contributed by atoms with Gasteiger partial charge in [-0.2, -0.15) is 0 Å². The van der Waals surface area contributed by atoms with Crippen LogP contribution in [0, 0.1) is 0 Å². The smallest absolute Gasteiger partial charge is 0.127 e. The van der Waals surface area contributed by atoms with E-state index in [1.165, 1.54) is 92.1 Å². The van der Waals surface area contributed by atoms with Gasteiger partial charge in [0.25, 0.3) is 0 Å². The Labute approximate surface area is 287 Å². The van der Waals surface area contributed by atoms with E-state index in [1.54, 1.807) is 0 Å². The minimum absolute atomic E-state index is 0.368. The van der Waals surface area contributed by atoms with Gasteiger partial charge >= 0.3 is 0 Å². The van der Waals surface area contributed by atoms with Crippen molar-refractivity contribution in [3.63, 3.8) is 0 Å². The summed E-state index contributed by atoms with van der Waals surface area (Å²) in [7, 11) is 0. The summed E-state index contributed by atoms with van der Waals surface area (Å²) in [5.74, 6) is 0.435. The van der Waals surface area contributed by atoms with Gasteiger partial charge in [0, 0.05) is 36.5 Å². The molecule has 0 saturated carbocycles. The van der Waals surface area contributed by atoms with Crippen LogP contribution in [0.5, 0.6) is 5.75 Å². The van der Waals surface area contributed by atoms with E-state index in [-0.39, 0.29) is 5.41 Å². The Bertz CT molecular complexity index is 2910. The van der Waals surface area contributed by atoms with Crippen molar-refractivity contribution in [3.8, 4) is 39.1 Å². The molecule has 228 valence electrons. The third-order valence-electron chi connectivity index (χ3n) is 11.9. The van der Waals surface area contributed by atoms with E-state index < -0.39 is 0 Å². The number of thiophene rings is 1. The number of benzene rings is 8. The molecule has 0 aliphatic heterocycles. The molecule has 0 atom stereocenters. The largest absolute Gasteiger partial charge is 0.507 e. The molecule has 0 bridgehead atoms. The first-order chi connectivity index (χ1) is 24.2. The van der Waals surface area contributed by atoms with Crippen LogP contribution >= 0.6 is 11.3 Å². The summed E-state index contributed by atoms with van der Waals surface area (Å²) in [5, 5.41) is 19.2. The number of hydrogen-bond donors (Lipinski definition) is 1. The Hall–Kier alpha value is -5.70. The predicted octanol–water partition coefficient (Wildman–Crippen LogP) is 12.2. The normalized spacial score (nSPS) is 14.6. The summed E-state index contributed by atoms with van der Waals surface area (Å²) in [6, 6.07) is 51.8. The molecule has 0 unspecified atom stereocenters. The molecular weight excluding hydrogens is 613 g/mol. The lowest BCUT2D eigenvalue weighted by Crippen LogP contribution is -2.25. The minimum Gasteiger partial charge on any atom is -0.507 e. The van der Waals surface area contributed by atoms with Gasteiger partial charge in [-0.25, -0.2) is 0 Å². The van der Waals surface area contributed by atoms with Crippen molar-refractivity contribution in [1.29, 1.82) is 0 Å². The second-order valence-electron chi connectivity index (χ2n) is 13.9. The maximum Gasteiger partial charge on any atom is 0.127 e. The third-order valence-corrected chi connectivity index (χ3v) is 13.1. The van der Waals surface area contributed by atoms with E-state index in [4.69, 9.17) is 0 Å². The molecule has 0 amide bonds. The van der Waals surface area contributed by atoms with Crippen molar-refractivity contribution in [2.75, 3.05) is 0 Å². The average Bonchev–Trinajstić information content (AvgIpc) is 3.74. The molecule has 49 heavy (non-hydrogen) atoms. The van der Waals surface area contributed by atoms with Crippen LogP contribution < -0.4 is 0 Å². The highest BCUT2D eigenvalue weighted by molar-refractivity contribution is 7.26. The topological polar surface area (TPSA) is 20.2 Å². The zero-order chi connectivity index (χ0) is 32.0. The Morgan fingerprint density at radius 3 is 1.80 bits per heavy atom. The highest BCUT2D eigenvalue weighted by atomic mass is 32.1. The molecule has 1 spiro atoms. The van der Waals surface area contributed by atoms with Crippen LogP contribution in [-0.4, -0.2) is 5.11 Å². The molecular formula is C47H28OS. The van der Waals surface area contributed by atoms with Crippen LogP contribution in [0.15, 0.2) is 140 Å². The summed E-state index contributed by atoms with van der Waals surface area (Å²) < 4.78 is 2.61. The standard InChI is InChI=1S/C47H28OS/c48-45-32-15-2-1-14-30(32)44-43-34(45)22-21-31-26(35(43)25-36-29-13-6-10-20-41(29)49-46(36)44)23-24-40-42(31)33-16-5-9-19-39(33)47(40)37-17-7-3-11-27(37)28-12-4-8-18-38(28)47/h1-20,23-25,48H,21-22H2. The summed E-state index contributed by atoms with van der Waals surface area (Å²) >= 11 is 1.88. The van der Waals surface area contributed by atoms with Gasteiger partial charge in [-0.3, -0.25) is 0 Å². The molecule has 1 nitrogen and oxygen atoms in total. The lowest BCUT2D eigenvalue weighted by molar-refractivity contribution is 0.475. The van der Waals surface area contributed by atoms with Gasteiger partial charge in [0.2, 0.25) is 0 Å². The van der Waals surface area contributed by atoms with Gasteiger partial charge in [-0.05, 0) is 96.9 Å². The van der Waals surface area contributed by atoms with Gasteiger partial charge in [0.1, 0.15) is 5.75 Å². The number of aromatic hydroxyl groups is 1. The second kappa shape index (κ2) is 9.05. The van der Waals surface area contributed by atoms with Crippen LogP contribution in [0.3, 0.4) is 0 Å². The molecule has 0 radical (unpaired) electrons. The van der Waals surface area contributed by atoms with Gasteiger partial charge in [0.15, 0.2) is 0 Å². The van der Waals surface area contributed by atoms with Crippen molar-refractivity contribution in [3.05, 3.63) is 173 Å². The Morgan fingerprint density at radius 1 is 0.449 bits per heavy atom. The molecule has 0 fully saturated rings. The third kappa shape index (κ3) is 3.00. The van der Waals surface area contributed by atoms with E-state index in [1.807, 2.05) is 11.3 Å². The van der Waals surface area contributed by atoms with Crippen molar-refractivity contribution in [1.82, 2.24) is 0 Å². The molecule has 2 heteroatoms. The summed E-state index contributed by atoms with van der Waals surface area (Å²) in [4.78, 5) is 0. The van der Waals surface area contributed by atoms with E-state index >= 15 is 0 Å². The van der Waals surface area contributed by atoms with Crippen molar-refractivity contribution < 1.29 is 5.11 Å². The number of rotatable bonds is 0. The van der Waals surface area contributed by atoms with Crippen LogP contribution in [0.4, 0.5) is 0 Å². The lowest BCUT2D eigenvalue weighted by Gasteiger charge is -2.30. The zero-order valence-electron chi connectivity index (χ0n) is 26.5. The fourth-order valence-corrected chi connectivity index (χ4v) is 11.3. The van der Waals surface area contributed by atoms with E-state index in [0.29, 0.717) is 5.75 Å². The van der Waals surface area contributed by atoms with Crippen LogP contribution in [-0.2, 0) is 18.3 Å². The van der Waals surface area contributed by atoms with Crippen LogP contribution in [0.25, 0.3) is 75.1 Å². The number of phenols is 1. The first kappa shape index (κ1) is 26.3. The highest BCUT2D eigenvalue weighted by Gasteiger charge is 2.52. The minimum atomic E-state index is -0.368. The molecule has 0 saturated heterocycles. The van der Waals surface area contributed by atoms with E-state index in [2.05, 4.69) is 140 Å². The number of phenolic OH excluding ortho intramolecular Hbond substituents is 1. The number of aryl methyl sites for hydroxylation is 1. The summed E-state index contributed by atoms with van der Waals surface area (Å²) in [5.41, 5.74) is 15.5. The van der Waals surface area contributed by atoms with Crippen molar-refractivity contribution in [2.24, 2.45) is 0 Å². The molecule has 1 aromatic heterocycles. The molecule has 12 rings (SSSR count). The SMILES string of the molecule is Oc1c2c3c(cc4c5ccccc5sc4c3c3ccccc13)-c1ccc3c(c1CC2)-c1ccccc1C31c2ccccc2-c2ccccc21. The molecule has 1 N–H and O–H groups in total. The molecule has 1 heterocycles. The zero-order valence-corrected chi connectivity index (χ0v) is 27.4. The summed E-state index contributed by atoms with van der Waals surface area (Å²) in [6.07, 6.45) is 1.64.